The minimum atomic E-state index is -0.432. The number of amides is 1. The summed E-state index contributed by atoms with van der Waals surface area (Å²) in [5, 5.41) is 0. The molecule has 1 amide bonds. The summed E-state index contributed by atoms with van der Waals surface area (Å²) in [6.45, 7) is 5.79. The number of carbonyl (C=O) groups excluding carboxylic acids is 1. The molecule has 5 nitrogen and oxygen atoms in total. The molecule has 0 radical (unpaired) electrons. The van der Waals surface area contributed by atoms with Crippen LogP contribution in [0, 0.1) is 0 Å². The van der Waals surface area contributed by atoms with Crippen LogP contribution in [-0.4, -0.2) is 10.9 Å². The molecule has 0 bridgehead atoms. The Morgan fingerprint density at radius 1 is 1.62 bits per heavy atom. The lowest BCUT2D eigenvalue weighted by Crippen LogP contribution is -2.32. The third-order valence-electron chi connectivity index (χ3n) is 1.59. The van der Waals surface area contributed by atoms with Crippen LogP contribution in [0.5, 0.6) is 0 Å². The molecular formula is C8H13N3O2. The van der Waals surface area contributed by atoms with E-state index in [2.05, 4.69) is 4.98 Å². The number of hydrogen-bond acceptors (Lipinski definition) is 4. The third-order valence-corrected chi connectivity index (χ3v) is 1.59. The van der Waals surface area contributed by atoms with Gasteiger partial charge in [-0.15, -0.1) is 0 Å². The smallest absolute Gasteiger partial charge is 0.287 e. The van der Waals surface area contributed by atoms with Crippen molar-refractivity contribution in [2.45, 2.75) is 26.2 Å². The fourth-order valence-corrected chi connectivity index (χ4v) is 1.01. The van der Waals surface area contributed by atoms with Gasteiger partial charge in [-0.25, -0.2) is 10.8 Å². The summed E-state index contributed by atoms with van der Waals surface area (Å²) in [6, 6.07) is 0. The number of hydrogen-bond donors (Lipinski definition) is 2. The first-order valence-corrected chi connectivity index (χ1v) is 3.91. The highest BCUT2D eigenvalue weighted by Crippen LogP contribution is 2.24. The zero-order chi connectivity index (χ0) is 10.1. The molecule has 1 rings (SSSR count). The normalized spacial score (nSPS) is 11.4. The molecule has 0 saturated heterocycles. The van der Waals surface area contributed by atoms with Crippen molar-refractivity contribution in [2.75, 3.05) is 0 Å². The van der Waals surface area contributed by atoms with Crippen molar-refractivity contribution >= 4 is 5.91 Å². The first-order valence-electron chi connectivity index (χ1n) is 3.91. The van der Waals surface area contributed by atoms with Crippen LogP contribution in [-0.2, 0) is 5.41 Å². The highest BCUT2D eigenvalue weighted by molar-refractivity contribution is 5.92. The maximum atomic E-state index is 11.2. The summed E-state index contributed by atoms with van der Waals surface area (Å²) in [4.78, 5) is 15.0. The Balaban J connectivity index is 3.10. The largest absolute Gasteiger partial charge is 0.447 e. The molecule has 0 aliphatic rings. The fourth-order valence-electron chi connectivity index (χ4n) is 1.01. The van der Waals surface area contributed by atoms with Gasteiger partial charge in [0.05, 0.1) is 0 Å². The van der Waals surface area contributed by atoms with Crippen LogP contribution in [0.15, 0.2) is 10.8 Å². The van der Waals surface area contributed by atoms with E-state index in [1.807, 2.05) is 26.2 Å². The van der Waals surface area contributed by atoms with Gasteiger partial charge < -0.3 is 4.42 Å². The van der Waals surface area contributed by atoms with E-state index in [9.17, 15) is 4.79 Å². The monoisotopic (exact) mass is 183 g/mol. The van der Waals surface area contributed by atoms with E-state index in [4.69, 9.17) is 10.3 Å². The number of nitrogens with one attached hydrogen (secondary N) is 1. The zero-order valence-electron chi connectivity index (χ0n) is 7.92. The quantitative estimate of drug-likeness (QED) is 0.379. The van der Waals surface area contributed by atoms with E-state index in [-0.39, 0.29) is 11.1 Å². The SMILES string of the molecule is CC(C)(C)c1ocnc1C(=O)NN. The van der Waals surface area contributed by atoms with Crippen LogP contribution >= 0.6 is 0 Å². The summed E-state index contributed by atoms with van der Waals surface area (Å²) in [6.07, 6.45) is 1.24. The minimum absolute atomic E-state index is 0.245. The van der Waals surface area contributed by atoms with Gasteiger partial charge >= 0.3 is 0 Å². The van der Waals surface area contributed by atoms with E-state index in [0.29, 0.717) is 5.76 Å². The molecule has 0 spiro atoms. The number of aromatic nitrogens is 1. The second-order valence-corrected chi connectivity index (χ2v) is 3.75. The van der Waals surface area contributed by atoms with Crippen LogP contribution in [0.4, 0.5) is 0 Å². The lowest BCUT2D eigenvalue weighted by atomic mass is 9.92. The maximum Gasteiger partial charge on any atom is 0.287 e. The zero-order valence-corrected chi connectivity index (χ0v) is 7.92. The number of nitrogens with zero attached hydrogens (tertiary/aromatic N) is 1. The first kappa shape index (κ1) is 9.73. The van der Waals surface area contributed by atoms with Gasteiger partial charge in [-0.2, -0.15) is 0 Å². The van der Waals surface area contributed by atoms with Gasteiger partial charge in [0.1, 0.15) is 5.76 Å². The predicted molar refractivity (Wildman–Crippen MR) is 46.9 cm³/mol. The molecule has 0 fully saturated rings. The summed E-state index contributed by atoms with van der Waals surface area (Å²) < 4.78 is 5.12. The van der Waals surface area contributed by atoms with Gasteiger partial charge in [0.15, 0.2) is 12.1 Å². The van der Waals surface area contributed by atoms with Crippen molar-refractivity contribution in [3.05, 3.63) is 17.8 Å². The molecule has 5 heteroatoms. The van der Waals surface area contributed by atoms with Crippen LogP contribution in [0.1, 0.15) is 37.0 Å². The summed E-state index contributed by atoms with van der Waals surface area (Å²) in [7, 11) is 0. The molecule has 0 atom stereocenters. The molecule has 0 aliphatic heterocycles. The highest BCUT2D eigenvalue weighted by Gasteiger charge is 2.26. The Morgan fingerprint density at radius 3 is 2.69 bits per heavy atom. The standard InChI is InChI=1S/C8H13N3O2/c1-8(2,3)6-5(7(12)11-9)10-4-13-6/h4H,9H2,1-3H3,(H,11,12). The molecule has 72 valence electrons. The number of carbonyl (C=O) groups is 1. The molecule has 0 unspecified atom stereocenters. The van der Waals surface area contributed by atoms with Crippen molar-refractivity contribution in [3.8, 4) is 0 Å². The van der Waals surface area contributed by atoms with Gasteiger partial charge in [-0.3, -0.25) is 10.2 Å². The summed E-state index contributed by atoms with van der Waals surface area (Å²) in [5.41, 5.74) is 2.01. The summed E-state index contributed by atoms with van der Waals surface area (Å²) >= 11 is 0. The Labute approximate surface area is 76.3 Å². The van der Waals surface area contributed by atoms with E-state index in [1.54, 1.807) is 0 Å². The molecule has 13 heavy (non-hydrogen) atoms. The number of rotatable bonds is 1. The second kappa shape index (κ2) is 3.18. The van der Waals surface area contributed by atoms with Crippen LogP contribution < -0.4 is 11.3 Å². The second-order valence-electron chi connectivity index (χ2n) is 3.75. The molecule has 1 aromatic rings. The molecule has 0 saturated carbocycles. The van der Waals surface area contributed by atoms with Gasteiger partial charge in [0.2, 0.25) is 0 Å². The number of hydrazine groups is 1. The predicted octanol–water partition coefficient (Wildman–Crippen LogP) is 0.576. The van der Waals surface area contributed by atoms with Crippen LogP contribution in [0.3, 0.4) is 0 Å². The number of oxazole rings is 1. The third kappa shape index (κ3) is 1.86. The molecular weight excluding hydrogens is 170 g/mol. The van der Waals surface area contributed by atoms with Gasteiger partial charge in [0, 0.05) is 5.41 Å². The minimum Gasteiger partial charge on any atom is -0.447 e. The van der Waals surface area contributed by atoms with E-state index in [0.717, 1.165) is 0 Å². The lowest BCUT2D eigenvalue weighted by Gasteiger charge is -2.15. The topological polar surface area (TPSA) is 81.2 Å². The Bertz CT molecular complexity index is 311. The van der Waals surface area contributed by atoms with Crippen molar-refractivity contribution < 1.29 is 9.21 Å². The van der Waals surface area contributed by atoms with E-state index < -0.39 is 5.91 Å². The highest BCUT2D eigenvalue weighted by atomic mass is 16.3. The van der Waals surface area contributed by atoms with Gasteiger partial charge in [0.25, 0.3) is 5.91 Å². The summed E-state index contributed by atoms with van der Waals surface area (Å²) in [5.74, 6) is 5.10. The Kier molecular flexibility index (Phi) is 2.38. The average Bonchev–Trinajstić information content (AvgIpc) is 2.49. The van der Waals surface area contributed by atoms with Crippen molar-refractivity contribution in [2.24, 2.45) is 5.84 Å². The lowest BCUT2D eigenvalue weighted by molar-refractivity contribution is 0.0945. The number of nitrogen functional groups attached to an aromatic ring is 1. The Morgan fingerprint density at radius 2 is 2.23 bits per heavy atom. The van der Waals surface area contributed by atoms with E-state index >= 15 is 0 Å². The average molecular weight is 183 g/mol. The fraction of sp³-hybridized carbons (Fsp3) is 0.500. The van der Waals surface area contributed by atoms with Crippen LogP contribution in [0.2, 0.25) is 0 Å². The molecule has 1 heterocycles. The first-order chi connectivity index (χ1) is 5.96. The van der Waals surface area contributed by atoms with Gasteiger partial charge in [-0.05, 0) is 0 Å². The molecule has 1 aromatic heterocycles. The van der Waals surface area contributed by atoms with Crippen LogP contribution in [0.25, 0.3) is 0 Å². The molecule has 3 N–H and O–H groups in total. The van der Waals surface area contributed by atoms with Crippen molar-refractivity contribution in [3.63, 3.8) is 0 Å². The van der Waals surface area contributed by atoms with Crippen molar-refractivity contribution in [1.29, 1.82) is 0 Å². The van der Waals surface area contributed by atoms with Gasteiger partial charge in [-0.1, -0.05) is 20.8 Å². The van der Waals surface area contributed by atoms with Crippen molar-refractivity contribution in [1.82, 2.24) is 10.4 Å². The Hall–Kier alpha value is -1.36. The maximum absolute atomic E-state index is 11.2. The van der Waals surface area contributed by atoms with E-state index in [1.165, 1.54) is 6.39 Å². The molecule has 0 aliphatic carbocycles. The molecule has 0 aromatic carbocycles. The number of nitrogens with two attached hydrogens (primary N) is 1.